The van der Waals surface area contributed by atoms with E-state index in [1.807, 2.05) is 41.5 Å². The number of carbonyl (C=O) groups is 2. The molecule has 1 N–H and O–H groups in total. The quantitative estimate of drug-likeness (QED) is 0.580. The molecule has 0 saturated carbocycles. The number of nitrogens with one attached hydrogen (secondary N) is 1. The van der Waals surface area contributed by atoms with E-state index in [4.69, 9.17) is 9.47 Å². The van der Waals surface area contributed by atoms with Crippen LogP contribution in [0.5, 0.6) is 0 Å². The van der Waals surface area contributed by atoms with Gasteiger partial charge < -0.3 is 14.8 Å². The largest absolute Gasteiger partial charge is 0.350 e. The Balaban J connectivity index is 3.64. The maximum absolute atomic E-state index is 11.5. The highest BCUT2D eigenvalue weighted by molar-refractivity contribution is 5.84. The maximum atomic E-state index is 11.5. The van der Waals surface area contributed by atoms with Gasteiger partial charge in [0, 0.05) is 11.0 Å². The minimum Gasteiger partial charge on any atom is -0.350 e. The number of hydrogen-bond donors (Lipinski definition) is 1. The summed E-state index contributed by atoms with van der Waals surface area (Å²) in [6.07, 6.45) is 0. The Labute approximate surface area is 109 Å². The van der Waals surface area contributed by atoms with Crippen LogP contribution in [0.15, 0.2) is 0 Å². The molecule has 1 amide bonds. The van der Waals surface area contributed by atoms with Gasteiger partial charge in [0.1, 0.15) is 20.0 Å². The minimum absolute atomic E-state index is 0.00436. The Hall–Kier alpha value is -0.940. The zero-order valence-corrected chi connectivity index (χ0v) is 12.3. The Bertz CT molecular complexity index is 286. The van der Waals surface area contributed by atoms with Crippen molar-refractivity contribution in [2.45, 2.75) is 47.1 Å². The highest BCUT2D eigenvalue weighted by atomic mass is 16.7. The molecule has 0 unspecified atom stereocenters. The second kappa shape index (κ2) is 6.85. The van der Waals surface area contributed by atoms with Crippen molar-refractivity contribution in [3.63, 3.8) is 0 Å². The molecule has 0 heterocycles. The average molecular weight is 259 g/mol. The minimum atomic E-state index is -0.413. The predicted octanol–water partition coefficient (Wildman–Crippen LogP) is 1.51. The van der Waals surface area contributed by atoms with E-state index in [2.05, 4.69) is 5.32 Å². The second-order valence-electron chi connectivity index (χ2n) is 6.29. The zero-order chi connectivity index (χ0) is 14.4. The summed E-state index contributed by atoms with van der Waals surface area (Å²) in [5, 5.41) is 2.76. The Kier molecular flexibility index (Phi) is 6.49. The van der Waals surface area contributed by atoms with Crippen LogP contribution in [-0.2, 0) is 19.1 Å². The number of ether oxygens (including phenoxy) is 2. The van der Waals surface area contributed by atoms with Gasteiger partial charge in [-0.1, -0.05) is 20.8 Å². The van der Waals surface area contributed by atoms with Gasteiger partial charge in [0.25, 0.3) is 0 Å². The highest BCUT2D eigenvalue weighted by Crippen LogP contribution is 2.14. The molecular weight excluding hydrogens is 234 g/mol. The van der Waals surface area contributed by atoms with Gasteiger partial charge in [-0.2, -0.15) is 0 Å². The van der Waals surface area contributed by atoms with E-state index in [0.717, 1.165) is 0 Å². The summed E-state index contributed by atoms with van der Waals surface area (Å²) in [6, 6.07) is 0. The first kappa shape index (κ1) is 17.1. The first-order chi connectivity index (χ1) is 8.02. The number of carbonyl (C=O) groups excluding carboxylic acids is 2. The molecule has 5 nitrogen and oxygen atoms in total. The normalized spacial score (nSPS) is 12.3. The second-order valence-corrected chi connectivity index (χ2v) is 6.29. The summed E-state index contributed by atoms with van der Waals surface area (Å²) in [7, 11) is 0. The van der Waals surface area contributed by atoms with Crippen LogP contribution in [0.3, 0.4) is 0 Å². The molecule has 0 aliphatic rings. The van der Waals surface area contributed by atoms with E-state index in [1.165, 1.54) is 0 Å². The lowest BCUT2D eigenvalue weighted by atomic mass is 9.91. The first-order valence-electron chi connectivity index (χ1n) is 6.02. The fourth-order valence-corrected chi connectivity index (χ4v) is 0.999. The maximum Gasteiger partial charge on any atom is 0.246 e. The van der Waals surface area contributed by atoms with E-state index in [-0.39, 0.29) is 37.2 Å². The van der Waals surface area contributed by atoms with Crippen LogP contribution in [0.2, 0.25) is 0 Å². The molecule has 0 bridgehead atoms. The van der Waals surface area contributed by atoms with Crippen molar-refractivity contribution < 1.29 is 19.1 Å². The molecule has 0 aromatic rings. The molecule has 0 rings (SSSR count). The van der Waals surface area contributed by atoms with Crippen LogP contribution in [0.25, 0.3) is 0 Å². The lowest BCUT2D eigenvalue weighted by Crippen LogP contribution is -2.42. The molecule has 0 radical (unpaired) electrons. The third-order valence-corrected chi connectivity index (χ3v) is 1.98. The van der Waals surface area contributed by atoms with E-state index < -0.39 is 5.41 Å². The van der Waals surface area contributed by atoms with Gasteiger partial charge in [0.15, 0.2) is 5.78 Å². The third kappa shape index (κ3) is 9.13. The molecular formula is C13H25NO4. The molecule has 18 heavy (non-hydrogen) atoms. The molecule has 106 valence electrons. The van der Waals surface area contributed by atoms with E-state index in [0.29, 0.717) is 0 Å². The van der Waals surface area contributed by atoms with Crippen LogP contribution in [0, 0.1) is 5.41 Å². The third-order valence-electron chi connectivity index (χ3n) is 1.98. The number of hydrogen-bond acceptors (Lipinski definition) is 4. The Morgan fingerprint density at radius 3 is 1.89 bits per heavy atom. The summed E-state index contributed by atoms with van der Waals surface area (Å²) in [6.45, 7) is 11.0. The van der Waals surface area contributed by atoms with Gasteiger partial charge in [-0.15, -0.1) is 0 Å². The first-order valence-corrected chi connectivity index (χ1v) is 6.02. The van der Waals surface area contributed by atoms with E-state index in [1.54, 1.807) is 0 Å². The van der Waals surface area contributed by atoms with Crippen LogP contribution in [0.1, 0.15) is 41.5 Å². The zero-order valence-electron chi connectivity index (χ0n) is 12.3. The summed E-state index contributed by atoms with van der Waals surface area (Å²) in [5.41, 5.74) is -0.687. The van der Waals surface area contributed by atoms with Gasteiger partial charge in [0.05, 0.1) is 0 Å². The van der Waals surface area contributed by atoms with Gasteiger partial charge in [-0.05, 0) is 20.8 Å². The van der Waals surface area contributed by atoms with Gasteiger partial charge in [0.2, 0.25) is 5.91 Å². The molecule has 0 aromatic carbocycles. The fraction of sp³-hybridized carbons (Fsp3) is 0.846. The van der Waals surface area contributed by atoms with Crippen molar-refractivity contribution in [2.75, 3.05) is 20.0 Å². The Morgan fingerprint density at radius 1 is 0.944 bits per heavy atom. The monoisotopic (exact) mass is 259 g/mol. The lowest BCUT2D eigenvalue weighted by Gasteiger charge is -2.20. The Morgan fingerprint density at radius 2 is 1.44 bits per heavy atom. The van der Waals surface area contributed by atoms with Gasteiger partial charge >= 0.3 is 0 Å². The average Bonchev–Trinajstić information content (AvgIpc) is 2.12. The van der Waals surface area contributed by atoms with Crippen molar-refractivity contribution in [3.05, 3.63) is 0 Å². The molecule has 0 aromatic heterocycles. The summed E-state index contributed by atoms with van der Waals surface area (Å²) < 4.78 is 10.1. The predicted molar refractivity (Wildman–Crippen MR) is 69.1 cm³/mol. The number of rotatable bonds is 6. The molecule has 0 fully saturated rings. The van der Waals surface area contributed by atoms with Gasteiger partial charge in [-0.25, -0.2) is 0 Å². The standard InChI is InChI=1S/C13H25NO4/c1-12(2,3)10(15)7-17-9-18-8-11(16)14-13(4,5)6/h7-9H2,1-6H3,(H,14,16). The summed E-state index contributed by atoms with van der Waals surface area (Å²) >= 11 is 0. The molecule has 0 atom stereocenters. The highest BCUT2D eigenvalue weighted by Gasteiger charge is 2.20. The smallest absolute Gasteiger partial charge is 0.246 e. The summed E-state index contributed by atoms with van der Waals surface area (Å²) in [5.74, 6) is -0.196. The topological polar surface area (TPSA) is 64.6 Å². The molecule has 5 heteroatoms. The van der Waals surface area contributed by atoms with Crippen molar-refractivity contribution in [2.24, 2.45) is 5.41 Å². The molecule has 0 aliphatic heterocycles. The SMILES string of the molecule is CC(C)(C)NC(=O)COCOCC(=O)C(C)(C)C. The van der Waals surface area contributed by atoms with Crippen LogP contribution >= 0.6 is 0 Å². The van der Waals surface area contributed by atoms with E-state index in [9.17, 15) is 9.59 Å². The number of Topliss-reactive ketones (excluding diaryl/α,β-unsaturated/α-hetero) is 1. The number of ketones is 1. The number of amides is 1. The molecule has 0 saturated heterocycles. The fourth-order valence-electron chi connectivity index (χ4n) is 0.999. The summed E-state index contributed by atoms with van der Waals surface area (Å²) in [4.78, 5) is 22.8. The van der Waals surface area contributed by atoms with Crippen molar-refractivity contribution in [1.82, 2.24) is 5.32 Å². The van der Waals surface area contributed by atoms with Crippen LogP contribution in [-0.4, -0.2) is 37.2 Å². The van der Waals surface area contributed by atoms with Gasteiger partial charge in [-0.3, -0.25) is 9.59 Å². The van der Waals surface area contributed by atoms with Crippen LogP contribution < -0.4 is 5.32 Å². The van der Waals surface area contributed by atoms with Crippen molar-refractivity contribution in [1.29, 1.82) is 0 Å². The molecule has 0 aliphatic carbocycles. The van der Waals surface area contributed by atoms with Crippen molar-refractivity contribution in [3.8, 4) is 0 Å². The lowest BCUT2D eigenvalue weighted by molar-refractivity contribution is -0.141. The molecule has 0 spiro atoms. The van der Waals surface area contributed by atoms with Crippen molar-refractivity contribution >= 4 is 11.7 Å². The van der Waals surface area contributed by atoms with Crippen LogP contribution in [0.4, 0.5) is 0 Å². The van der Waals surface area contributed by atoms with E-state index >= 15 is 0 Å².